The number of nitrogens with zero attached hydrogens (tertiary/aromatic N) is 4. The molecule has 0 aliphatic carbocycles. The van der Waals surface area contributed by atoms with Crippen LogP contribution in [0.2, 0.25) is 0 Å². The van der Waals surface area contributed by atoms with Crippen molar-refractivity contribution in [2.45, 2.75) is 32.4 Å². The number of H-pyrrole nitrogens is 1. The molecule has 0 saturated carbocycles. The summed E-state index contributed by atoms with van der Waals surface area (Å²) < 4.78 is 0. The Morgan fingerprint density at radius 2 is 2.07 bits per heavy atom. The minimum Gasteiger partial charge on any atom is -0.348 e. The molecule has 1 atom stereocenters. The Kier molecular flexibility index (Phi) is 5.33. The molecule has 1 aliphatic heterocycles. The zero-order valence-corrected chi connectivity index (χ0v) is 16.1. The fraction of sp³-hybridized carbons (Fsp3) is 0.286. The van der Waals surface area contributed by atoms with E-state index < -0.39 is 0 Å². The molecular weight excluding hydrogens is 368 g/mol. The van der Waals surface area contributed by atoms with E-state index in [0.29, 0.717) is 35.9 Å². The Bertz CT molecular complexity index is 1000. The molecule has 4 rings (SSSR count). The Labute approximate surface area is 168 Å². The van der Waals surface area contributed by atoms with Gasteiger partial charge in [0.1, 0.15) is 5.69 Å². The smallest absolute Gasteiger partial charge is 0.272 e. The van der Waals surface area contributed by atoms with Crippen LogP contribution < -0.4 is 5.32 Å². The number of carbonyl (C=O) groups excluding carboxylic acids is 2. The molecule has 0 bridgehead atoms. The number of aromatic amines is 1. The summed E-state index contributed by atoms with van der Waals surface area (Å²) in [6.45, 7) is 2.87. The van der Waals surface area contributed by atoms with Crippen molar-refractivity contribution in [1.82, 2.24) is 30.4 Å². The maximum atomic E-state index is 12.7. The van der Waals surface area contributed by atoms with E-state index in [1.165, 1.54) is 0 Å². The molecule has 3 aromatic rings. The molecule has 29 heavy (non-hydrogen) atoms. The van der Waals surface area contributed by atoms with Gasteiger partial charge in [-0.1, -0.05) is 30.3 Å². The van der Waals surface area contributed by atoms with Crippen LogP contribution in [0, 0.1) is 6.92 Å². The van der Waals surface area contributed by atoms with Crippen molar-refractivity contribution >= 4 is 11.8 Å². The molecular formula is C21H22N6O2. The van der Waals surface area contributed by atoms with Gasteiger partial charge >= 0.3 is 0 Å². The van der Waals surface area contributed by atoms with Crippen LogP contribution >= 0.6 is 0 Å². The molecule has 1 fully saturated rings. The fourth-order valence-corrected chi connectivity index (χ4v) is 3.55. The van der Waals surface area contributed by atoms with Gasteiger partial charge in [-0.2, -0.15) is 5.10 Å². The summed E-state index contributed by atoms with van der Waals surface area (Å²) in [5.41, 5.74) is 2.51. The molecule has 0 spiro atoms. The second kappa shape index (κ2) is 8.22. The van der Waals surface area contributed by atoms with Crippen LogP contribution in [0.4, 0.5) is 0 Å². The predicted molar refractivity (Wildman–Crippen MR) is 106 cm³/mol. The number of rotatable bonds is 5. The molecule has 148 valence electrons. The third kappa shape index (κ3) is 4.01. The topological polar surface area (TPSA) is 104 Å². The lowest BCUT2D eigenvalue weighted by molar-refractivity contribution is 0.0723. The van der Waals surface area contributed by atoms with Gasteiger partial charge in [0, 0.05) is 25.5 Å². The van der Waals surface area contributed by atoms with E-state index in [2.05, 4.69) is 25.5 Å². The third-order valence-corrected chi connectivity index (χ3v) is 5.08. The van der Waals surface area contributed by atoms with Crippen LogP contribution in [0.5, 0.6) is 0 Å². The lowest BCUT2D eigenvalue weighted by Gasteiger charge is -2.23. The summed E-state index contributed by atoms with van der Waals surface area (Å²) in [7, 11) is 0. The molecule has 1 aliphatic rings. The van der Waals surface area contributed by atoms with Gasteiger partial charge in [-0.25, -0.2) is 9.97 Å². The van der Waals surface area contributed by atoms with E-state index >= 15 is 0 Å². The number of nitrogens with one attached hydrogen (secondary N) is 2. The minimum absolute atomic E-state index is 0.115. The first kappa shape index (κ1) is 18.8. The molecule has 2 N–H and O–H groups in total. The largest absolute Gasteiger partial charge is 0.348 e. The van der Waals surface area contributed by atoms with Crippen LogP contribution in [0.3, 0.4) is 0 Å². The van der Waals surface area contributed by atoms with Crippen LogP contribution in [0.15, 0.2) is 48.8 Å². The third-order valence-electron chi connectivity index (χ3n) is 5.08. The van der Waals surface area contributed by atoms with Gasteiger partial charge in [-0.15, -0.1) is 0 Å². The number of aryl methyl sites for hydroxylation is 1. The maximum absolute atomic E-state index is 12.7. The highest BCUT2D eigenvalue weighted by Crippen LogP contribution is 2.31. The molecule has 0 radical (unpaired) electrons. The number of aromatic nitrogens is 4. The maximum Gasteiger partial charge on any atom is 0.272 e. The zero-order valence-electron chi connectivity index (χ0n) is 16.1. The Hall–Kier alpha value is -3.55. The molecule has 3 heterocycles. The molecule has 0 unspecified atom stereocenters. The second-order valence-electron chi connectivity index (χ2n) is 7.02. The van der Waals surface area contributed by atoms with Crippen molar-refractivity contribution in [3.63, 3.8) is 0 Å². The lowest BCUT2D eigenvalue weighted by Crippen LogP contribution is -2.32. The van der Waals surface area contributed by atoms with E-state index in [4.69, 9.17) is 0 Å². The van der Waals surface area contributed by atoms with E-state index in [-0.39, 0.29) is 17.9 Å². The summed E-state index contributed by atoms with van der Waals surface area (Å²) in [5.74, 6) is 0.234. The van der Waals surface area contributed by atoms with Gasteiger partial charge in [0.2, 0.25) is 0 Å². The van der Waals surface area contributed by atoms with Crippen molar-refractivity contribution in [2.24, 2.45) is 0 Å². The number of hydrogen-bond donors (Lipinski definition) is 2. The van der Waals surface area contributed by atoms with Crippen LogP contribution in [0.1, 0.15) is 56.8 Å². The van der Waals surface area contributed by atoms with Gasteiger partial charge < -0.3 is 10.2 Å². The van der Waals surface area contributed by atoms with Crippen molar-refractivity contribution in [3.8, 4) is 0 Å². The summed E-state index contributed by atoms with van der Waals surface area (Å²) >= 11 is 0. The SMILES string of the molecule is Cc1nc([C@H]2CCCN2C(=O)c2ccn[nH]2)ncc1C(=O)NCc1ccccc1. The van der Waals surface area contributed by atoms with E-state index in [1.54, 1.807) is 30.3 Å². The van der Waals surface area contributed by atoms with Gasteiger partial charge in [0.15, 0.2) is 5.82 Å². The first-order chi connectivity index (χ1) is 14.1. The zero-order chi connectivity index (χ0) is 20.2. The first-order valence-corrected chi connectivity index (χ1v) is 9.59. The van der Waals surface area contributed by atoms with Crippen molar-refractivity contribution in [3.05, 3.63) is 77.1 Å². The Balaban J connectivity index is 1.47. The summed E-state index contributed by atoms with van der Waals surface area (Å²) in [4.78, 5) is 36.0. The Morgan fingerprint density at radius 3 is 2.79 bits per heavy atom. The summed E-state index contributed by atoms with van der Waals surface area (Å²) in [6.07, 6.45) is 4.78. The van der Waals surface area contributed by atoms with Gasteiger partial charge in [-0.3, -0.25) is 14.7 Å². The van der Waals surface area contributed by atoms with Crippen LogP contribution in [-0.2, 0) is 6.54 Å². The molecule has 8 nitrogen and oxygen atoms in total. The monoisotopic (exact) mass is 390 g/mol. The highest BCUT2D eigenvalue weighted by Gasteiger charge is 2.33. The number of likely N-dealkylation sites (tertiary alicyclic amines) is 1. The first-order valence-electron chi connectivity index (χ1n) is 9.59. The normalized spacial score (nSPS) is 16.0. The summed E-state index contributed by atoms with van der Waals surface area (Å²) in [5, 5.41) is 9.46. The number of amides is 2. The molecule has 2 aromatic heterocycles. The van der Waals surface area contributed by atoms with Crippen LogP contribution in [0.25, 0.3) is 0 Å². The predicted octanol–water partition coefficient (Wildman–Crippen LogP) is 2.42. The minimum atomic E-state index is -0.213. The average molecular weight is 390 g/mol. The van der Waals surface area contributed by atoms with Gasteiger partial charge in [-0.05, 0) is 31.4 Å². The molecule has 8 heteroatoms. The molecule has 2 amide bonds. The molecule has 1 saturated heterocycles. The Morgan fingerprint density at radius 1 is 1.24 bits per heavy atom. The van der Waals surface area contributed by atoms with E-state index in [1.807, 2.05) is 30.3 Å². The number of benzene rings is 1. The lowest BCUT2D eigenvalue weighted by atomic mass is 10.1. The second-order valence-corrected chi connectivity index (χ2v) is 7.02. The quantitative estimate of drug-likeness (QED) is 0.696. The fourth-order valence-electron chi connectivity index (χ4n) is 3.55. The standard InChI is InChI=1S/C21H22N6O2/c1-14-16(20(28)23-12-15-6-3-2-4-7-15)13-22-19(25-14)18-8-5-11-27(18)21(29)17-9-10-24-26-17/h2-4,6-7,9-10,13,18H,5,8,11-12H2,1H3,(H,23,28)(H,24,26)/t18-/m1/s1. The van der Waals surface area contributed by atoms with Crippen LogP contribution in [-0.4, -0.2) is 43.4 Å². The van der Waals surface area contributed by atoms with Gasteiger partial charge in [0.25, 0.3) is 11.8 Å². The number of carbonyl (C=O) groups is 2. The average Bonchev–Trinajstić information content (AvgIpc) is 3.44. The van der Waals surface area contributed by atoms with Gasteiger partial charge in [0.05, 0.1) is 17.3 Å². The highest BCUT2D eigenvalue weighted by atomic mass is 16.2. The highest BCUT2D eigenvalue weighted by molar-refractivity contribution is 5.95. The van der Waals surface area contributed by atoms with Crippen molar-refractivity contribution in [1.29, 1.82) is 0 Å². The van der Waals surface area contributed by atoms with E-state index in [0.717, 1.165) is 18.4 Å². The van der Waals surface area contributed by atoms with Crippen molar-refractivity contribution in [2.75, 3.05) is 6.54 Å². The summed E-state index contributed by atoms with van der Waals surface area (Å²) in [6, 6.07) is 11.2. The van der Waals surface area contributed by atoms with E-state index in [9.17, 15) is 9.59 Å². The number of hydrogen-bond acceptors (Lipinski definition) is 5. The van der Waals surface area contributed by atoms with Crippen molar-refractivity contribution < 1.29 is 9.59 Å². The molecule has 1 aromatic carbocycles.